The molecule has 0 N–H and O–H groups in total. The predicted octanol–water partition coefficient (Wildman–Crippen LogP) is 2.72. The van der Waals surface area contributed by atoms with E-state index in [1.807, 2.05) is 23.2 Å². The van der Waals surface area contributed by atoms with E-state index in [-0.39, 0.29) is 5.91 Å². The van der Waals surface area contributed by atoms with Crippen molar-refractivity contribution < 1.29 is 4.79 Å². The van der Waals surface area contributed by atoms with Gasteiger partial charge >= 0.3 is 0 Å². The molecule has 0 atom stereocenters. The summed E-state index contributed by atoms with van der Waals surface area (Å²) in [6.45, 7) is 5.07. The summed E-state index contributed by atoms with van der Waals surface area (Å²) in [6, 6.07) is 4.02. The lowest BCUT2D eigenvalue weighted by Crippen LogP contribution is -2.35. The Morgan fingerprint density at radius 1 is 1.31 bits per heavy atom. The molecule has 0 saturated carbocycles. The molecule has 2 heterocycles. The van der Waals surface area contributed by atoms with E-state index in [1.54, 1.807) is 0 Å². The second kappa shape index (κ2) is 4.64. The van der Waals surface area contributed by atoms with E-state index < -0.39 is 0 Å². The minimum absolute atomic E-state index is 0.227. The van der Waals surface area contributed by atoms with Gasteiger partial charge in [-0.1, -0.05) is 13.8 Å². The molecule has 1 aliphatic rings. The SMILES string of the molecule is CC(C)c1ccc(N2CCCCC2=O)cn1. The molecule has 1 saturated heterocycles. The second-order valence-electron chi connectivity index (χ2n) is 4.60. The fourth-order valence-corrected chi connectivity index (χ4v) is 1.98. The van der Waals surface area contributed by atoms with Crippen molar-refractivity contribution in [2.24, 2.45) is 0 Å². The van der Waals surface area contributed by atoms with E-state index in [2.05, 4.69) is 18.8 Å². The minimum Gasteiger partial charge on any atom is -0.311 e. The quantitative estimate of drug-likeness (QED) is 0.764. The van der Waals surface area contributed by atoms with Crippen LogP contribution >= 0.6 is 0 Å². The number of carbonyl (C=O) groups excluding carboxylic acids is 1. The van der Waals surface area contributed by atoms with Gasteiger partial charge in [-0.15, -0.1) is 0 Å². The second-order valence-corrected chi connectivity index (χ2v) is 4.60. The van der Waals surface area contributed by atoms with Crippen LogP contribution in [0.1, 0.15) is 44.7 Å². The van der Waals surface area contributed by atoms with E-state index in [0.29, 0.717) is 12.3 Å². The van der Waals surface area contributed by atoms with E-state index in [1.165, 1.54) is 0 Å². The smallest absolute Gasteiger partial charge is 0.227 e. The topological polar surface area (TPSA) is 33.2 Å². The van der Waals surface area contributed by atoms with Crippen LogP contribution in [-0.2, 0) is 4.79 Å². The third kappa shape index (κ3) is 2.23. The Morgan fingerprint density at radius 3 is 2.69 bits per heavy atom. The molecule has 0 spiro atoms. The molecule has 86 valence electrons. The van der Waals surface area contributed by atoms with Crippen molar-refractivity contribution in [3.63, 3.8) is 0 Å². The highest BCUT2D eigenvalue weighted by molar-refractivity contribution is 5.93. The first-order valence-electron chi connectivity index (χ1n) is 5.95. The number of amides is 1. The fraction of sp³-hybridized carbons (Fsp3) is 0.538. The molecule has 0 unspecified atom stereocenters. The van der Waals surface area contributed by atoms with Crippen LogP contribution in [0.3, 0.4) is 0 Å². The Labute approximate surface area is 96.5 Å². The summed E-state index contributed by atoms with van der Waals surface area (Å²) in [5.41, 5.74) is 2.02. The van der Waals surface area contributed by atoms with Gasteiger partial charge in [0.25, 0.3) is 0 Å². The largest absolute Gasteiger partial charge is 0.311 e. The van der Waals surface area contributed by atoms with E-state index in [0.717, 1.165) is 30.8 Å². The molecule has 1 aliphatic heterocycles. The molecule has 1 amide bonds. The van der Waals surface area contributed by atoms with Crippen LogP contribution in [0.2, 0.25) is 0 Å². The molecule has 2 rings (SSSR count). The van der Waals surface area contributed by atoms with Crippen LogP contribution < -0.4 is 4.90 Å². The first-order chi connectivity index (χ1) is 7.68. The summed E-state index contributed by atoms with van der Waals surface area (Å²) in [5.74, 6) is 0.663. The van der Waals surface area contributed by atoms with Crippen molar-refractivity contribution in [2.45, 2.75) is 39.0 Å². The number of carbonyl (C=O) groups is 1. The van der Waals surface area contributed by atoms with E-state index in [4.69, 9.17) is 0 Å². The van der Waals surface area contributed by atoms with Gasteiger partial charge < -0.3 is 4.90 Å². The summed E-state index contributed by atoms with van der Waals surface area (Å²) >= 11 is 0. The number of rotatable bonds is 2. The average molecular weight is 218 g/mol. The highest BCUT2D eigenvalue weighted by Gasteiger charge is 2.19. The predicted molar refractivity (Wildman–Crippen MR) is 64.5 cm³/mol. The maximum absolute atomic E-state index is 11.7. The van der Waals surface area contributed by atoms with Crippen molar-refractivity contribution in [1.82, 2.24) is 4.98 Å². The van der Waals surface area contributed by atoms with Gasteiger partial charge in [0.15, 0.2) is 0 Å². The van der Waals surface area contributed by atoms with Gasteiger partial charge in [-0.2, -0.15) is 0 Å². The Bertz CT molecular complexity index is 370. The molecule has 3 nitrogen and oxygen atoms in total. The number of anilines is 1. The Balaban J connectivity index is 2.17. The van der Waals surface area contributed by atoms with Crippen molar-refractivity contribution in [3.8, 4) is 0 Å². The highest BCUT2D eigenvalue weighted by Crippen LogP contribution is 2.21. The molecule has 1 aromatic heterocycles. The Kier molecular flexibility index (Phi) is 3.22. The maximum atomic E-state index is 11.7. The molecule has 0 bridgehead atoms. The van der Waals surface area contributed by atoms with Gasteiger partial charge in [-0.05, 0) is 30.9 Å². The van der Waals surface area contributed by atoms with Gasteiger partial charge in [0.2, 0.25) is 5.91 Å². The standard InChI is InChI=1S/C13H18N2O/c1-10(2)12-7-6-11(9-14-12)15-8-4-3-5-13(15)16/h6-7,9-10H,3-5,8H2,1-2H3. The number of hydrogen-bond donors (Lipinski definition) is 0. The lowest BCUT2D eigenvalue weighted by molar-refractivity contribution is -0.119. The number of hydrogen-bond acceptors (Lipinski definition) is 2. The molecule has 3 heteroatoms. The normalized spacial score (nSPS) is 16.9. The molecular formula is C13H18N2O. The molecule has 1 fully saturated rings. The number of piperidine rings is 1. The van der Waals surface area contributed by atoms with Gasteiger partial charge in [-0.25, -0.2) is 0 Å². The van der Waals surface area contributed by atoms with Crippen LogP contribution in [0.25, 0.3) is 0 Å². The van der Waals surface area contributed by atoms with Crippen LogP contribution in [0.5, 0.6) is 0 Å². The summed E-state index contributed by atoms with van der Waals surface area (Å²) in [6.07, 6.45) is 4.61. The zero-order chi connectivity index (χ0) is 11.5. The zero-order valence-corrected chi connectivity index (χ0v) is 9.94. The van der Waals surface area contributed by atoms with Gasteiger partial charge in [0.1, 0.15) is 0 Å². The minimum atomic E-state index is 0.227. The van der Waals surface area contributed by atoms with Crippen molar-refractivity contribution in [2.75, 3.05) is 11.4 Å². The molecular weight excluding hydrogens is 200 g/mol. The highest BCUT2D eigenvalue weighted by atomic mass is 16.2. The van der Waals surface area contributed by atoms with Crippen molar-refractivity contribution in [1.29, 1.82) is 0 Å². The third-order valence-electron chi connectivity index (χ3n) is 3.00. The number of pyridine rings is 1. The van der Waals surface area contributed by atoms with E-state index >= 15 is 0 Å². The zero-order valence-electron chi connectivity index (χ0n) is 9.94. The monoisotopic (exact) mass is 218 g/mol. The molecule has 0 radical (unpaired) electrons. The first kappa shape index (κ1) is 11.1. The van der Waals surface area contributed by atoms with E-state index in [9.17, 15) is 4.79 Å². The summed E-state index contributed by atoms with van der Waals surface area (Å²) in [5, 5.41) is 0. The van der Waals surface area contributed by atoms with Crippen LogP contribution in [-0.4, -0.2) is 17.4 Å². The maximum Gasteiger partial charge on any atom is 0.227 e. The van der Waals surface area contributed by atoms with Gasteiger partial charge in [-0.3, -0.25) is 9.78 Å². The Morgan fingerprint density at radius 2 is 2.12 bits per heavy atom. The number of aromatic nitrogens is 1. The Hall–Kier alpha value is -1.38. The average Bonchev–Trinajstić information content (AvgIpc) is 2.30. The lowest BCUT2D eigenvalue weighted by atomic mass is 10.1. The molecule has 0 aromatic carbocycles. The summed E-state index contributed by atoms with van der Waals surface area (Å²) < 4.78 is 0. The summed E-state index contributed by atoms with van der Waals surface area (Å²) in [4.78, 5) is 18.0. The van der Waals surface area contributed by atoms with Crippen LogP contribution in [0.4, 0.5) is 5.69 Å². The van der Waals surface area contributed by atoms with Crippen molar-refractivity contribution >= 4 is 11.6 Å². The molecule has 0 aliphatic carbocycles. The molecule has 1 aromatic rings. The third-order valence-corrected chi connectivity index (χ3v) is 3.00. The summed E-state index contributed by atoms with van der Waals surface area (Å²) in [7, 11) is 0. The van der Waals surface area contributed by atoms with Crippen LogP contribution in [0.15, 0.2) is 18.3 Å². The fourth-order valence-electron chi connectivity index (χ4n) is 1.98. The molecule has 16 heavy (non-hydrogen) atoms. The van der Waals surface area contributed by atoms with Gasteiger partial charge in [0.05, 0.1) is 11.9 Å². The number of nitrogens with zero attached hydrogens (tertiary/aromatic N) is 2. The first-order valence-corrected chi connectivity index (χ1v) is 5.95. The van der Waals surface area contributed by atoms with Gasteiger partial charge in [0, 0.05) is 18.7 Å². The van der Waals surface area contributed by atoms with Crippen LogP contribution in [0, 0.1) is 0 Å². The lowest BCUT2D eigenvalue weighted by Gasteiger charge is -2.26. The van der Waals surface area contributed by atoms with Crippen molar-refractivity contribution in [3.05, 3.63) is 24.0 Å².